The second-order valence-electron chi connectivity index (χ2n) is 3.46. The van der Waals surface area contributed by atoms with Crippen LogP contribution in [0.2, 0.25) is 0 Å². The molecule has 0 aromatic heterocycles. The topological polar surface area (TPSA) is 46.6 Å². The summed E-state index contributed by atoms with van der Waals surface area (Å²) in [6, 6.07) is 0. The van der Waals surface area contributed by atoms with E-state index in [2.05, 4.69) is 4.74 Å². The van der Waals surface area contributed by atoms with E-state index in [-0.39, 0.29) is 12.0 Å². The number of hydrogen-bond donors (Lipinski definition) is 0. The molecule has 2 atom stereocenters. The Morgan fingerprint density at radius 3 is 2.92 bits per heavy atom. The molecule has 1 aliphatic rings. The molecule has 1 saturated heterocycles. The van der Waals surface area contributed by atoms with E-state index in [4.69, 9.17) is 0 Å². The van der Waals surface area contributed by atoms with Crippen molar-refractivity contribution in [3.8, 4) is 0 Å². The largest absolute Gasteiger partial charge is 0.453 e. The van der Waals surface area contributed by atoms with E-state index in [1.54, 1.807) is 4.90 Å². The number of carbonyl (C=O) groups is 2. The summed E-state index contributed by atoms with van der Waals surface area (Å²) < 4.78 is 4.59. The minimum Gasteiger partial charge on any atom is -0.453 e. The van der Waals surface area contributed by atoms with Crippen LogP contribution in [0.5, 0.6) is 0 Å². The molecule has 0 aliphatic carbocycles. The number of ether oxygens (including phenoxy) is 1. The van der Waals surface area contributed by atoms with Crippen LogP contribution in [0.3, 0.4) is 0 Å². The molecule has 0 spiro atoms. The van der Waals surface area contributed by atoms with E-state index in [9.17, 15) is 9.59 Å². The first-order valence-corrected chi connectivity index (χ1v) is 4.47. The molecule has 0 aromatic carbocycles. The maximum atomic E-state index is 11.1. The molecule has 2 unspecified atom stereocenters. The van der Waals surface area contributed by atoms with Crippen LogP contribution in [0.15, 0.2) is 0 Å². The monoisotopic (exact) mass is 185 g/mol. The van der Waals surface area contributed by atoms with Crippen molar-refractivity contribution < 1.29 is 14.3 Å². The van der Waals surface area contributed by atoms with Gasteiger partial charge in [0.1, 0.15) is 6.29 Å². The van der Waals surface area contributed by atoms with Crippen molar-refractivity contribution in [3.63, 3.8) is 0 Å². The average Bonchev–Trinajstić information content (AvgIpc) is 2.64. The summed E-state index contributed by atoms with van der Waals surface area (Å²) in [5.74, 6) is 0.339. The first kappa shape index (κ1) is 10.0. The molecule has 74 valence electrons. The molecule has 4 heteroatoms. The van der Waals surface area contributed by atoms with Crippen LogP contribution in [-0.4, -0.2) is 37.5 Å². The van der Waals surface area contributed by atoms with Gasteiger partial charge in [-0.15, -0.1) is 0 Å². The van der Waals surface area contributed by atoms with E-state index in [1.165, 1.54) is 7.11 Å². The summed E-state index contributed by atoms with van der Waals surface area (Å²) in [6.45, 7) is 3.24. The second-order valence-corrected chi connectivity index (χ2v) is 3.46. The molecule has 1 aliphatic heterocycles. The number of aldehydes is 1. The van der Waals surface area contributed by atoms with Crippen LogP contribution in [0.25, 0.3) is 0 Å². The Morgan fingerprint density at radius 1 is 1.69 bits per heavy atom. The normalized spacial score (nSPS) is 24.2. The van der Waals surface area contributed by atoms with Crippen molar-refractivity contribution in [2.75, 3.05) is 20.2 Å². The van der Waals surface area contributed by atoms with Crippen molar-refractivity contribution in [3.05, 3.63) is 0 Å². The quantitative estimate of drug-likeness (QED) is 0.601. The first-order chi connectivity index (χ1) is 6.19. The molecule has 1 fully saturated rings. The van der Waals surface area contributed by atoms with Gasteiger partial charge >= 0.3 is 6.09 Å². The summed E-state index contributed by atoms with van der Waals surface area (Å²) in [7, 11) is 1.37. The third-order valence-corrected chi connectivity index (χ3v) is 2.62. The Labute approximate surface area is 77.8 Å². The van der Waals surface area contributed by atoms with Gasteiger partial charge in [0.05, 0.1) is 7.11 Å². The fourth-order valence-electron chi connectivity index (χ4n) is 1.62. The average molecular weight is 185 g/mol. The minimum atomic E-state index is -0.291. The molecule has 0 bridgehead atoms. The van der Waals surface area contributed by atoms with Gasteiger partial charge in [-0.3, -0.25) is 0 Å². The van der Waals surface area contributed by atoms with E-state index >= 15 is 0 Å². The first-order valence-electron chi connectivity index (χ1n) is 4.47. The summed E-state index contributed by atoms with van der Waals surface area (Å²) >= 11 is 0. The van der Waals surface area contributed by atoms with Gasteiger partial charge in [0.25, 0.3) is 0 Å². The van der Waals surface area contributed by atoms with Crippen molar-refractivity contribution >= 4 is 12.4 Å². The highest BCUT2D eigenvalue weighted by Gasteiger charge is 2.29. The number of hydrogen-bond acceptors (Lipinski definition) is 3. The molecule has 0 aromatic rings. The maximum absolute atomic E-state index is 11.1. The lowest BCUT2D eigenvalue weighted by molar-refractivity contribution is -0.111. The Bertz CT molecular complexity index is 205. The number of amides is 1. The van der Waals surface area contributed by atoms with Crippen LogP contribution in [0.4, 0.5) is 4.79 Å². The molecule has 4 nitrogen and oxygen atoms in total. The Hall–Kier alpha value is -1.06. The Morgan fingerprint density at radius 2 is 2.38 bits per heavy atom. The number of nitrogens with zero attached hydrogens (tertiary/aromatic N) is 1. The van der Waals surface area contributed by atoms with Crippen LogP contribution < -0.4 is 0 Å². The summed E-state index contributed by atoms with van der Waals surface area (Å²) in [4.78, 5) is 23.2. The zero-order chi connectivity index (χ0) is 9.84. The lowest BCUT2D eigenvalue weighted by Gasteiger charge is -2.15. The molecule has 0 N–H and O–H groups in total. The molecule has 1 heterocycles. The molecular weight excluding hydrogens is 170 g/mol. The fourth-order valence-corrected chi connectivity index (χ4v) is 1.62. The van der Waals surface area contributed by atoms with Gasteiger partial charge in [-0.2, -0.15) is 0 Å². The smallest absolute Gasteiger partial charge is 0.409 e. The van der Waals surface area contributed by atoms with Gasteiger partial charge in [-0.1, -0.05) is 6.92 Å². The number of methoxy groups -OCH3 is 1. The zero-order valence-corrected chi connectivity index (χ0v) is 8.03. The highest BCUT2D eigenvalue weighted by molar-refractivity contribution is 5.68. The van der Waals surface area contributed by atoms with E-state index in [0.717, 1.165) is 12.7 Å². The SMILES string of the molecule is COC(=O)N1CCC(C(C)C=O)C1. The van der Waals surface area contributed by atoms with Crippen molar-refractivity contribution in [2.45, 2.75) is 13.3 Å². The Balaban J connectivity index is 2.44. The van der Waals surface area contributed by atoms with Gasteiger partial charge in [0.2, 0.25) is 0 Å². The number of likely N-dealkylation sites (tertiary alicyclic amines) is 1. The fraction of sp³-hybridized carbons (Fsp3) is 0.778. The molecule has 0 radical (unpaired) electrons. The molecule has 1 amide bonds. The highest BCUT2D eigenvalue weighted by atomic mass is 16.5. The van der Waals surface area contributed by atoms with Gasteiger partial charge in [-0.25, -0.2) is 4.79 Å². The van der Waals surface area contributed by atoms with Gasteiger partial charge in [0.15, 0.2) is 0 Å². The summed E-state index contributed by atoms with van der Waals surface area (Å²) in [6.07, 6.45) is 1.56. The third-order valence-electron chi connectivity index (χ3n) is 2.62. The number of carbonyl (C=O) groups excluding carboxylic acids is 2. The van der Waals surface area contributed by atoms with Gasteiger partial charge in [0, 0.05) is 19.0 Å². The van der Waals surface area contributed by atoms with Gasteiger partial charge < -0.3 is 14.4 Å². The van der Waals surface area contributed by atoms with Gasteiger partial charge in [-0.05, 0) is 12.3 Å². The summed E-state index contributed by atoms with van der Waals surface area (Å²) in [5, 5.41) is 0. The molecule has 0 saturated carbocycles. The second kappa shape index (κ2) is 4.25. The molecule has 1 rings (SSSR count). The van der Waals surface area contributed by atoms with E-state index in [1.807, 2.05) is 6.92 Å². The van der Waals surface area contributed by atoms with Crippen LogP contribution >= 0.6 is 0 Å². The van der Waals surface area contributed by atoms with Crippen LogP contribution in [0.1, 0.15) is 13.3 Å². The highest BCUT2D eigenvalue weighted by Crippen LogP contribution is 2.22. The van der Waals surface area contributed by atoms with Crippen LogP contribution in [-0.2, 0) is 9.53 Å². The van der Waals surface area contributed by atoms with E-state index in [0.29, 0.717) is 19.0 Å². The standard InChI is InChI=1S/C9H15NO3/c1-7(6-11)8-3-4-10(5-8)9(12)13-2/h6-8H,3-5H2,1-2H3. The van der Waals surface area contributed by atoms with Crippen molar-refractivity contribution in [2.24, 2.45) is 11.8 Å². The predicted molar refractivity (Wildman–Crippen MR) is 47.3 cm³/mol. The lowest BCUT2D eigenvalue weighted by atomic mass is 9.95. The lowest BCUT2D eigenvalue weighted by Crippen LogP contribution is -2.29. The minimum absolute atomic E-state index is 0.0367. The van der Waals surface area contributed by atoms with Crippen molar-refractivity contribution in [1.82, 2.24) is 4.90 Å². The van der Waals surface area contributed by atoms with E-state index < -0.39 is 0 Å². The predicted octanol–water partition coefficient (Wildman–Crippen LogP) is 0.910. The molecule has 13 heavy (non-hydrogen) atoms. The number of rotatable bonds is 2. The maximum Gasteiger partial charge on any atom is 0.409 e. The zero-order valence-electron chi connectivity index (χ0n) is 8.03. The van der Waals surface area contributed by atoms with Crippen LogP contribution in [0, 0.1) is 11.8 Å². The Kier molecular flexibility index (Phi) is 3.28. The third kappa shape index (κ3) is 2.20. The van der Waals surface area contributed by atoms with Crippen molar-refractivity contribution in [1.29, 1.82) is 0 Å². The summed E-state index contributed by atoms with van der Waals surface area (Å²) in [5.41, 5.74) is 0. The molecular formula is C9H15NO3.